The maximum Gasteiger partial charge on any atom is 0.337 e. The Morgan fingerprint density at radius 3 is 2.50 bits per heavy atom. The third-order valence-corrected chi connectivity index (χ3v) is 6.24. The first kappa shape index (κ1) is 20.6. The van der Waals surface area contributed by atoms with Gasteiger partial charge in [0.1, 0.15) is 11.9 Å². The van der Waals surface area contributed by atoms with Crippen LogP contribution in [0.25, 0.3) is 0 Å². The average molecular weight is 431 g/mol. The number of carbonyl (C=O) groups is 2. The molecule has 1 saturated heterocycles. The van der Waals surface area contributed by atoms with E-state index in [9.17, 15) is 14.7 Å². The third kappa shape index (κ3) is 4.13. The normalized spacial score (nSPS) is 25.5. The highest BCUT2D eigenvalue weighted by atomic mass is 35.5. The highest BCUT2D eigenvalue weighted by Crippen LogP contribution is 2.38. The van der Waals surface area contributed by atoms with Crippen LogP contribution < -0.4 is 4.74 Å². The number of halogens is 1. The van der Waals surface area contributed by atoms with Crippen molar-refractivity contribution in [1.82, 2.24) is 9.88 Å². The number of aliphatic hydroxyl groups is 1. The van der Waals surface area contributed by atoms with Gasteiger partial charge in [0, 0.05) is 25.5 Å². The number of fused-ring (bicyclic) bond motifs is 1. The van der Waals surface area contributed by atoms with Gasteiger partial charge in [-0.3, -0.25) is 9.78 Å². The summed E-state index contributed by atoms with van der Waals surface area (Å²) in [5.41, 5.74) is 0.887. The second kappa shape index (κ2) is 8.62. The van der Waals surface area contributed by atoms with Gasteiger partial charge in [-0.05, 0) is 55.0 Å². The highest BCUT2D eigenvalue weighted by Gasteiger charge is 2.44. The van der Waals surface area contributed by atoms with E-state index in [1.54, 1.807) is 41.4 Å². The largest absolute Gasteiger partial charge is 0.488 e. The van der Waals surface area contributed by atoms with Crippen LogP contribution in [0.3, 0.4) is 0 Å². The summed E-state index contributed by atoms with van der Waals surface area (Å²) in [4.78, 5) is 30.1. The molecule has 2 heterocycles. The molecule has 0 unspecified atom stereocenters. The summed E-state index contributed by atoms with van der Waals surface area (Å²) in [6, 6.07) is 8.29. The zero-order valence-corrected chi connectivity index (χ0v) is 17.3. The number of aliphatic hydroxyl groups excluding tert-OH is 1. The number of esters is 1. The van der Waals surface area contributed by atoms with Crippen LogP contribution in [0, 0.1) is 11.8 Å². The van der Waals surface area contributed by atoms with Crippen molar-refractivity contribution in [2.75, 3.05) is 20.2 Å². The van der Waals surface area contributed by atoms with Crippen LogP contribution in [0.2, 0.25) is 5.02 Å². The molecule has 4 atom stereocenters. The summed E-state index contributed by atoms with van der Waals surface area (Å²) >= 11 is 6.13. The van der Waals surface area contributed by atoms with Gasteiger partial charge in [0.15, 0.2) is 0 Å². The van der Waals surface area contributed by atoms with E-state index in [1.165, 1.54) is 13.3 Å². The van der Waals surface area contributed by atoms with Crippen LogP contribution in [0.15, 0.2) is 42.7 Å². The van der Waals surface area contributed by atoms with E-state index in [-0.39, 0.29) is 23.8 Å². The zero-order chi connectivity index (χ0) is 21.3. The Morgan fingerprint density at radius 1 is 1.13 bits per heavy atom. The van der Waals surface area contributed by atoms with Gasteiger partial charge in [-0.2, -0.15) is 0 Å². The Hall–Kier alpha value is -2.64. The van der Waals surface area contributed by atoms with E-state index < -0.39 is 12.1 Å². The van der Waals surface area contributed by atoms with Crippen molar-refractivity contribution in [2.24, 2.45) is 11.8 Å². The zero-order valence-electron chi connectivity index (χ0n) is 16.5. The molecule has 30 heavy (non-hydrogen) atoms. The van der Waals surface area contributed by atoms with Crippen LogP contribution in [0.1, 0.15) is 33.6 Å². The highest BCUT2D eigenvalue weighted by molar-refractivity contribution is 6.33. The number of nitrogens with zero attached hydrogens (tertiary/aromatic N) is 2. The van der Waals surface area contributed by atoms with Gasteiger partial charge < -0.3 is 19.5 Å². The van der Waals surface area contributed by atoms with Gasteiger partial charge in [-0.25, -0.2) is 4.79 Å². The Bertz CT molecular complexity index is 935. The lowest BCUT2D eigenvalue weighted by molar-refractivity contribution is -0.0231. The number of carbonyl (C=O) groups excluding carboxylic acids is 2. The minimum Gasteiger partial charge on any atom is -0.488 e. The van der Waals surface area contributed by atoms with Crippen molar-refractivity contribution in [3.63, 3.8) is 0 Å². The molecule has 4 rings (SSSR count). The van der Waals surface area contributed by atoms with Crippen LogP contribution in [0.4, 0.5) is 0 Å². The van der Waals surface area contributed by atoms with Gasteiger partial charge >= 0.3 is 5.97 Å². The summed E-state index contributed by atoms with van der Waals surface area (Å²) < 4.78 is 10.7. The Labute approximate surface area is 179 Å². The number of hydrogen-bond donors (Lipinski definition) is 1. The Kier molecular flexibility index (Phi) is 5.92. The number of benzene rings is 1. The lowest BCUT2D eigenvalue weighted by Gasteiger charge is -2.35. The van der Waals surface area contributed by atoms with Crippen molar-refractivity contribution in [3.8, 4) is 5.75 Å². The number of pyridine rings is 1. The number of methoxy groups -OCH3 is 1. The average Bonchev–Trinajstić information content (AvgIpc) is 3.16. The molecule has 1 aliphatic heterocycles. The number of hydrogen-bond acceptors (Lipinski definition) is 6. The van der Waals surface area contributed by atoms with Crippen molar-refractivity contribution in [2.45, 2.75) is 25.0 Å². The molecule has 1 N–H and O–H groups in total. The quantitative estimate of drug-likeness (QED) is 0.750. The molecular formula is C22H23ClN2O5. The first-order valence-corrected chi connectivity index (χ1v) is 10.3. The second-order valence-electron chi connectivity index (χ2n) is 7.80. The SMILES string of the molecule is COC(=O)c1ccc(O[C@H]2C[C@@H]3CN(C(=O)c4ccncc4Cl)C[C@@H]3C[C@@H]2O)cc1. The summed E-state index contributed by atoms with van der Waals surface area (Å²) in [6.45, 7) is 1.20. The van der Waals surface area contributed by atoms with Crippen molar-refractivity contribution in [3.05, 3.63) is 58.9 Å². The molecule has 1 aromatic carbocycles. The van der Waals surface area contributed by atoms with E-state index in [0.717, 1.165) is 0 Å². The van der Waals surface area contributed by atoms with E-state index in [1.807, 2.05) is 0 Å². The molecule has 1 amide bonds. The van der Waals surface area contributed by atoms with Crippen LogP contribution in [0.5, 0.6) is 5.75 Å². The van der Waals surface area contributed by atoms with Gasteiger partial charge in [-0.1, -0.05) is 11.6 Å². The molecule has 2 aliphatic rings. The van der Waals surface area contributed by atoms with Gasteiger partial charge in [0.25, 0.3) is 5.91 Å². The number of rotatable bonds is 4. The molecule has 1 saturated carbocycles. The van der Waals surface area contributed by atoms with Gasteiger partial charge in [0.05, 0.1) is 29.4 Å². The minimum atomic E-state index is -0.619. The number of amides is 1. The van der Waals surface area contributed by atoms with Crippen LogP contribution in [-0.2, 0) is 4.74 Å². The second-order valence-corrected chi connectivity index (χ2v) is 8.20. The number of aromatic nitrogens is 1. The number of ether oxygens (including phenoxy) is 2. The molecular weight excluding hydrogens is 408 g/mol. The van der Waals surface area contributed by atoms with E-state index in [4.69, 9.17) is 21.1 Å². The fraction of sp³-hybridized carbons (Fsp3) is 0.409. The smallest absolute Gasteiger partial charge is 0.337 e. The monoisotopic (exact) mass is 430 g/mol. The Balaban J connectivity index is 1.40. The predicted octanol–water partition coefficient (Wildman–Crippen LogP) is 2.81. The van der Waals surface area contributed by atoms with E-state index >= 15 is 0 Å². The van der Waals surface area contributed by atoms with Crippen LogP contribution >= 0.6 is 11.6 Å². The molecule has 8 heteroatoms. The van der Waals surface area contributed by atoms with Gasteiger partial charge in [-0.15, -0.1) is 0 Å². The number of likely N-dealkylation sites (tertiary alicyclic amines) is 1. The maximum absolute atomic E-state index is 12.9. The summed E-state index contributed by atoms with van der Waals surface area (Å²) in [5, 5.41) is 11.0. The van der Waals surface area contributed by atoms with Crippen molar-refractivity contribution in [1.29, 1.82) is 0 Å². The molecule has 7 nitrogen and oxygen atoms in total. The Morgan fingerprint density at radius 2 is 1.83 bits per heavy atom. The fourth-order valence-corrected chi connectivity index (χ4v) is 4.56. The summed E-state index contributed by atoms with van der Waals surface area (Å²) in [5.74, 6) is 0.539. The lowest BCUT2D eigenvalue weighted by Crippen LogP contribution is -2.42. The van der Waals surface area contributed by atoms with Crippen molar-refractivity contribution < 1.29 is 24.2 Å². The third-order valence-electron chi connectivity index (χ3n) is 5.94. The van der Waals surface area contributed by atoms with E-state index in [2.05, 4.69) is 4.98 Å². The molecule has 1 aromatic heterocycles. The molecule has 1 aliphatic carbocycles. The molecule has 0 spiro atoms. The minimum absolute atomic E-state index is 0.109. The standard InChI is InChI=1S/C22H23ClN2O5/c1-29-22(28)13-2-4-16(5-3-13)30-20-9-15-12-25(11-14(15)8-19(20)26)21(27)17-6-7-24-10-18(17)23/h2-7,10,14-15,19-20,26H,8-9,11-12H2,1H3/t14-,15+,19-,20-/m0/s1. The van der Waals surface area contributed by atoms with Crippen molar-refractivity contribution >= 4 is 23.5 Å². The molecule has 0 bridgehead atoms. The summed E-state index contributed by atoms with van der Waals surface area (Å²) in [7, 11) is 1.33. The topological polar surface area (TPSA) is 89.0 Å². The molecule has 2 fully saturated rings. The first-order valence-electron chi connectivity index (χ1n) is 9.88. The predicted molar refractivity (Wildman–Crippen MR) is 110 cm³/mol. The summed E-state index contributed by atoms with van der Waals surface area (Å²) in [6.07, 6.45) is 3.26. The molecule has 2 aromatic rings. The lowest BCUT2D eigenvalue weighted by atomic mass is 9.78. The fourth-order valence-electron chi connectivity index (χ4n) is 4.36. The molecule has 0 radical (unpaired) electrons. The van der Waals surface area contributed by atoms with E-state index in [0.29, 0.717) is 47.8 Å². The van der Waals surface area contributed by atoms with Gasteiger partial charge in [0.2, 0.25) is 0 Å². The molecule has 158 valence electrons. The first-order chi connectivity index (χ1) is 14.5. The van der Waals surface area contributed by atoms with Crippen LogP contribution in [-0.4, -0.2) is 59.3 Å². The maximum atomic E-state index is 12.9.